The maximum Gasteiger partial charge on any atom is 0.184 e. The van der Waals surface area contributed by atoms with Crippen LogP contribution in [0.4, 0.5) is 0 Å². The minimum atomic E-state index is -1.44. The van der Waals surface area contributed by atoms with Crippen molar-refractivity contribution in [1.29, 1.82) is 0 Å². The number of benzene rings is 2. The van der Waals surface area contributed by atoms with Crippen molar-refractivity contribution in [2.75, 3.05) is 0 Å². The number of rotatable bonds is 5. The van der Waals surface area contributed by atoms with Crippen molar-refractivity contribution in [1.82, 2.24) is 0 Å². The molecule has 0 radical (unpaired) electrons. The van der Waals surface area contributed by atoms with Crippen molar-refractivity contribution in [3.8, 4) is 0 Å². The molecule has 2 aromatic rings. The summed E-state index contributed by atoms with van der Waals surface area (Å²) in [6.45, 7) is 9.67. The Balaban J connectivity index is 1.98. The van der Waals surface area contributed by atoms with Gasteiger partial charge in [0.15, 0.2) is 17.3 Å². The number of fused-ring (bicyclic) bond motifs is 2. The average Bonchev–Trinajstić information content (AvgIpc) is 2.84. The smallest absolute Gasteiger partial charge is 0.184 e. The minimum absolute atomic E-state index is 0.0582. The van der Waals surface area contributed by atoms with E-state index in [1.54, 1.807) is 37.3 Å². The van der Waals surface area contributed by atoms with Crippen molar-refractivity contribution >= 4 is 23.1 Å². The molecule has 0 amide bonds. The lowest BCUT2D eigenvalue weighted by molar-refractivity contribution is -0.174. The van der Waals surface area contributed by atoms with E-state index in [4.69, 9.17) is 0 Å². The molecule has 0 spiro atoms. The third kappa shape index (κ3) is 3.71. The highest BCUT2D eigenvalue weighted by molar-refractivity contribution is 6.41. The Bertz CT molecular complexity index is 1230. The summed E-state index contributed by atoms with van der Waals surface area (Å²) in [6, 6.07) is 18.1. The first-order chi connectivity index (χ1) is 16.5. The van der Waals surface area contributed by atoms with Gasteiger partial charge in [-0.2, -0.15) is 0 Å². The zero-order valence-electron chi connectivity index (χ0n) is 21.2. The maximum atomic E-state index is 14.3. The van der Waals surface area contributed by atoms with Gasteiger partial charge in [0.25, 0.3) is 0 Å². The van der Waals surface area contributed by atoms with Crippen molar-refractivity contribution < 1.29 is 19.5 Å². The monoisotopic (exact) mass is 470 g/mol. The fourth-order valence-electron chi connectivity index (χ4n) is 6.02. The summed E-state index contributed by atoms with van der Waals surface area (Å²) in [5, 5.41) is 11.3. The van der Waals surface area contributed by atoms with Gasteiger partial charge in [0.1, 0.15) is 11.3 Å². The number of Topliss-reactive ketones (excluding diaryl/α,β-unsaturated/α-hetero) is 3. The predicted octanol–water partition coefficient (Wildman–Crippen LogP) is 6.31. The summed E-state index contributed by atoms with van der Waals surface area (Å²) >= 11 is 0. The standard InChI is InChI=1S/C31H34O4/c1-20(2)16-17-23-19-31(18-21-12-8-6-9-13-21)27(34)24(25(32)22-14-10-7-11-15-22)26(33)30(5,28(31)35)29(23,3)4/h6-16,23,32H,17-19H2,1-5H3/b25-24-/t23-,30+,31-/m1/s1. The van der Waals surface area contributed by atoms with Gasteiger partial charge in [-0.1, -0.05) is 86.2 Å². The van der Waals surface area contributed by atoms with Gasteiger partial charge in [-0.3, -0.25) is 14.4 Å². The molecule has 0 heterocycles. The van der Waals surface area contributed by atoms with Crippen LogP contribution in [0.1, 0.15) is 58.6 Å². The van der Waals surface area contributed by atoms with Crippen molar-refractivity contribution in [3.05, 3.63) is 89.0 Å². The lowest BCUT2D eigenvalue weighted by atomic mass is 9.40. The lowest BCUT2D eigenvalue weighted by Crippen LogP contribution is -2.69. The van der Waals surface area contributed by atoms with Gasteiger partial charge in [0.05, 0.1) is 10.8 Å². The summed E-state index contributed by atoms with van der Waals surface area (Å²) in [5.74, 6) is -1.82. The summed E-state index contributed by atoms with van der Waals surface area (Å²) in [5.41, 5.74) is -1.37. The van der Waals surface area contributed by atoms with Crippen molar-refractivity contribution in [3.63, 3.8) is 0 Å². The van der Waals surface area contributed by atoms with E-state index in [1.807, 2.05) is 58.0 Å². The van der Waals surface area contributed by atoms with Crippen LogP contribution in [0.2, 0.25) is 0 Å². The largest absolute Gasteiger partial charge is 0.506 e. The molecule has 0 aliphatic heterocycles. The maximum absolute atomic E-state index is 14.3. The van der Waals surface area contributed by atoms with Gasteiger partial charge in [0, 0.05) is 5.56 Å². The molecule has 2 saturated carbocycles. The molecule has 35 heavy (non-hydrogen) atoms. The van der Waals surface area contributed by atoms with Gasteiger partial charge < -0.3 is 5.11 Å². The van der Waals surface area contributed by atoms with Crippen molar-refractivity contribution in [2.24, 2.45) is 22.2 Å². The predicted molar refractivity (Wildman–Crippen MR) is 138 cm³/mol. The SMILES string of the molecule is CC(C)=CC[C@@H]1C[C@]2(Cc3ccccc3)C(=O)/C(=C(\O)c3ccccc3)C(=O)[C@@](C)(C2=O)C1(C)C. The highest BCUT2D eigenvalue weighted by Gasteiger charge is 2.72. The molecule has 4 heteroatoms. The number of allylic oxidation sites excluding steroid dienone is 3. The van der Waals surface area contributed by atoms with Crippen LogP contribution in [0.15, 0.2) is 77.9 Å². The molecule has 2 fully saturated rings. The molecule has 2 aromatic carbocycles. The summed E-state index contributed by atoms with van der Waals surface area (Å²) in [4.78, 5) is 42.7. The number of ketones is 3. The second-order valence-electron chi connectivity index (χ2n) is 11.1. The molecule has 0 saturated heterocycles. The fraction of sp³-hybridized carbons (Fsp3) is 0.387. The summed E-state index contributed by atoms with van der Waals surface area (Å²) < 4.78 is 0. The van der Waals surface area contributed by atoms with Gasteiger partial charge >= 0.3 is 0 Å². The summed E-state index contributed by atoms with van der Waals surface area (Å²) in [7, 11) is 0. The average molecular weight is 471 g/mol. The molecule has 4 nitrogen and oxygen atoms in total. The Hall–Kier alpha value is -3.27. The Morgan fingerprint density at radius 1 is 0.914 bits per heavy atom. The Kier molecular flexibility index (Phi) is 6.21. The normalized spacial score (nSPS) is 29.1. The molecule has 1 N–H and O–H groups in total. The summed E-state index contributed by atoms with van der Waals surface area (Å²) in [6.07, 6.45) is 3.36. The Morgan fingerprint density at radius 2 is 1.49 bits per heavy atom. The molecular formula is C31H34O4. The number of carbonyl (C=O) groups excluding carboxylic acids is 3. The molecule has 0 aromatic heterocycles. The first-order valence-electron chi connectivity index (χ1n) is 12.3. The molecule has 2 aliphatic rings. The molecular weight excluding hydrogens is 436 g/mol. The van der Waals surface area contributed by atoms with Crippen LogP contribution in [0.25, 0.3) is 5.76 Å². The molecule has 0 unspecified atom stereocenters. The number of hydrogen-bond donors (Lipinski definition) is 1. The second kappa shape index (κ2) is 8.75. The van der Waals surface area contributed by atoms with E-state index in [9.17, 15) is 19.5 Å². The first-order valence-corrected chi connectivity index (χ1v) is 12.3. The molecule has 4 rings (SSSR count). The quantitative estimate of drug-likeness (QED) is 0.183. The van der Waals surface area contributed by atoms with E-state index in [1.165, 1.54) is 0 Å². The van der Waals surface area contributed by atoms with E-state index in [0.29, 0.717) is 18.4 Å². The number of aliphatic hydroxyl groups excluding tert-OH is 1. The van der Waals surface area contributed by atoms with Crippen LogP contribution in [0.3, 0.4) is 0 Å². The lowest BCUT2D eigenvalue weighted by Gasteiger charge is -2.59. The number of hydrogen-bond acceptors (Lipinski definition) is 4. The first kappa shape index (κ1) is 24.8. The molecule has 182 valence electrons. The van der Waals surface area contributed by atoms with E-state index < -0.39 is 27.8 Å². The van der Waals surface area contributed by atoms with Crippen LogP contribution in [-0.2, 0) is 20.8 Å². The second-order valence-corrected chi connectivity index (χ2v) is 11.1. The number of aliphatic hydroxyl groups is 1. The van der Waals surface area contributed by atoms with E-state index in [-0.39, 0.29) is 29.5 Å². The third-order valence-electron chi connectivity index (χ3n) is 8.58. The molecule has 3 atom stereocenters. The zero-order valence-corrected chi connectivity index (χ0v) is 21.2. The van der Waals surface area contributed by atoms with Crippen molar-refractivity contribution in [2.45, 2.75) is 53.9 Å². The topological polar surface area (TPSA) is 71.4 Å². The van der Waals surface area contributed by atoms with Gasteiger partial charge in [-0.25, -0.2) is 0 Å². The van der Waals surface area contributed by atoms with Crippen LogP contribution in [0.5, 0.6) is 0 Å². The fourth-order valence-corrected chi connectivity index (χ4v) is 6.02. The third-order valence-corrected chi connectivity index (χ3v) is 8.58. The van der Waals surface area contributed by atoms with Crippen LogP contribution >= 0.6 is 0 Å². The molecule has 2 aliphatic carbocycles. The van der Waals surface area contributed by atoms with Gasteiger partial charge in [-0.15, -0.1) is 0 Å². The van der Waals surface area contributed by atoms with Gasteiger partial charge in [0.2, 0.25) is 0 Å². The van der Waals surface area contributed by atoms with Crippen LogP contribution in [-0.4, -0.2) is 22.5 Å². The molecule has 2 bridgehead atoms. The minimum Gasteiger partial charge on any atom is -0.506 e. The van der Waals surface area contributed by atoms with E-state index in [0.717, 1.165) is 11.1 Å². The zero-order chi connectivity index (χ0) is 25.6. The Labute approximate surface area is 207 Å². The van der Waals surface area contributed by atoms with E-state index >= 15 is 0 Å². The van der Waals surface area contributed by atoms with Crippen LogP contribution < -0.4 is 0 Å². The highest BCUT2D eigenvalue weighted by Crippen LogP contribution is 2.63. The van der Waals surface area contributed by atoms with Gasteiger partial charge in [-0.05, 0) is 56.9 Å². The van der Waals surface area contributed by atoms with E-state index in [2.05, 4.69) is 6.08 Å². The Morgan fingerprint density at radius 3 is 2.06 bits per heavy atom. The van der Waals surface area contributed by atoms with Crippen LogP contribution in [0, 0.1) is 22.2 Å². The highest BCUT2D eigenvalue weighted by atomic mass is 16.3. The number of carbonyl (C=O) groups is 3.